The molecule has 0 aliphatic heterocycles. The van der Waals surface area contributed by atoms with Crippen molar-refractivity contribution in [2.24, 2.45) is 0 Å². The first-order chi connectivity index (χ1) is 12.2. The molecular weight excluding hydrogens is 387 g/mol. The number of unbranched alkanes of at least 4 members (excludes halogenated alkanes) is 8. The zero-order valence-corrected chi connectivity index (χ0v) is 17.8. The van der Waals surface area contributed by atoms with Gasteiger partial charge in [0.25, 0.3) is 0 Å². The predicted octanol–water partition coefficient (Wildman–Crippen LogP) is 9.11. The number of likely N-dealkylation sites (N-methyl/N-ethyl adjacent to an activating group) is 1. The molecule has 0 heterocycles. The second-order valence-corrected chi connectivity index (χ2v) is 9.03. The van der Waals surface area contributed by atoms with Gasteiger partial charge in [0, 0.05) is 0 Å². The minimum atomic E-state index is -10.7. The second-order valence-electron chi connectivity index (χ2n) is 7.11. The van der Waals surface area contributed by atoms with Gasteiger partial charge in [-0.1, -0.05) is 65.0 Å². The molecule has 0 saturated heterocycles. The van der Waals surface area contributed by atoms with Gasteiger partial charge in [-0.05, 0) is 31.9 Å². The fraction of sp³-hybridized carbons (Fsp3) is 0.789. The standard InChI is InChI=1S/C19H38N.F6P/c1-5-9-10-11-12-13-14-15-16-19-20(8-4,17-6-2)18-7-3;1-7(2,3,4,5)6/h6-7H,2-3,5,8-19H2,1,4H3;/q+1;-1. The van der Waals surface area contributed by atoms with Gasteiger partial charge in [-0.15, -0.1) is 0 Å². The van der Waals surface area contributed by atoms with Crippen molar-refractivity contribution >= 4 is 7.81 Å². The van der Waals surface area contributed by atoms with E-state index in [4.69, 9.17) is 0 Å². The number of halogens is 6. The molecule has 0 aliphatic carbocycles. The summed E-state index contributed by atoms with van der Waals surface area (Å²) in [6, 6.07) is 0. The third-order valence-electron chi connectivity index (χ3n) is 4.44. The van der Waals surface area contributed by atoms with E-state index < -0.39 is 7.81 Å². The topological polar surface area (TPSA) is 0 Å². The van der Waals surface area contributed by atoms with Crippen LogP contribution in [-0.2, 0) is 0 Å². The Morgan fingerprint density at radius 2 is 1.00 bits per heavy atom. The summed E-state index contributed by atoms with van der Waals surface area (Å²) in [5, 5.41) is 0. The molecular formula is C19H38F6NP. The first-order valence-electron chi connectivity index (χ1n) is 9.83. The van der Waals surface area contributed by atoms with Crippen LogP contribution in [0.15, 0.2) is 25.3 Å². The Hall–Kier alpha value is -0.550. The number of nitrogens with zero attached hydrogens (tertiary/aromatic N) is 1. The second kappa shape index (κ2) is 12.1. The summed E-state index contributed by atoms with van der Waals surface area (Å²) < 4.78 is 60.3. The number of hydrogen-bond acceptors (Lipinski definition) is 0. The van der Waals surface area contributed by atoms with E-state index in [-0.39, 0.29) is 0 Å². The van der Waals surface area contributed by atoms with Crippen molar-refractivity contribution in [1.82, 2.24) is 0 Å². The van der Waals surface area contributed by atoms with Crippen molar-refractivity contribution in [3.8, 4) is 0 Å². The number of rotatable bonds is 15. The molecule has 8 heteroatoms. The quantitative estimate of drug-likeness (QED) is 0.0807. The third-order valence-corrected chi connectivity index (χ3v) is 4.44. The van der Waals surface area contributed by atoms with Crippen molar-refractivity contribution in [1.29, 1.82) is 0 Å². The van der Waals surface area contributed by atoms with Gasteiger partial charge in [0.1, 0.15) is 0 Å². The van der Waals surface area contributed by atoms with E-state index in [0.717, 1.165) is 17.6 Å². The summed E-state index contributed by atoms with van der Waals surface area (Å²) in [6.07, 6.45) is 16.8. The van der Waals surface area contributed by atoms with Crippen LogP contribution in [0.5, 0.6) is 0 Å². The van der Waals surface area contributed by atoms with Crippen molar-refractivity contribution in [3.63, 3.8) is 0 Å². The van der Waals surface area contributed by atoms with E-state index in [9.17, 15) is 25.2 Å². The summed E-state index contributed by atoms with van der Waals surface area (Å²) in [5.41, 5.74) is 0. The monoisotopic (exact) mass is 425 g/mol. The Kier molecular flexibility index (Phi) is 12.8. The Morgan fingerprint density at radius 3 is 1.30 bits per heavy atom. The minimum absolute atomic E-state index is 1.08. The molecule has 27 heavy (non-hydrogen) atoms. The van der Waals surface area contributed by atoms with Gasteiger partial charge in [0.2, 0.25) is 0 Å². The predicted molar refractivity (Wildman–Crippen MR) is 107 cm³/mol. The van der Waals surface area contributed by atoms with E-state index in [1.165, 1.54) is 70.9 Å². The van der Waals surface area contributed by atoms with Crippen molar-refractivity contribution in [2.75, 3.05) is 26.2 Å². The summed E-state index contributed by atoms with van der Waals surface area (Å²) in [7, 11) is -10.7. The average molecular weight is 425 g/mol. The molecule has 0 fully saturated rings. The maximum atomic E-state index is 9.87. The Morgan fingerprint density at radius 1 is 0.667 bits per heavy atom. The summed E-state index contributed by atoms with van der Waals surface area (Å²) >= 11 is 0. The normalized spacial score (nSPS) is 14.5. The van der Waals surface area contributed by atoms with Crippen LogP contribution in [-0.4, -0.2) is 30.7 Å². The molecule has 0 saturated carbocycles. The first kappa shape index (κ1) is 28.7. The molecule has 0 amide bonds. The van der Waals surface area contributed by atoms with Crippen LogP contribution in [0.2, 0.25) is 0 Å². The summed E-state index contributed by atoms with van der Waals surface area (Å²) in [6.45, 7) is 17.1. The summed E-state index contributed by atoms with van der Waals surface area (Å²) in [5.74, 6) is 0. The van der Waals surface area contributed by atoms with E-state index in [1.807, 2.05) is 0 Å². The molecule has 0 aliphatic rings. The van der Waals surface area contributed by atoms with E-state index in [0.29, 0.717) is 0 Å². The van der Waals surface area contributed by atoms with Crippen LogP contribution in [0.4, 0.5) is 25.2 Å². The van der Waals surface area contributed by atoms with Crippen LogP contribution in [0.25, 0.3) is 0 Å². The molecule has 1 nitrogen and oxygen atoms in total. The average Bonchev–Trinajstić information content (AvgIpc) is 2.50. The molecule has 0 bridgehead atoms. The Labute approximate surface area is 161 Å². The molecule has 166 valence electrons. The van der Waals surface area contributed by atoms with Gasteiger partial charge in [0.05, 0.1) is 26.2 Å². The molecule has 0 aromatic carbocycles. The van der Waals surface area contributed by atoms with Gasteiger partial charge in [-0.2, -0.15) is 0 Å². The van der Waals surface area contributed by atoms with Crippen LogP contribution >= 0.6 is 7.81 Å². The first-order valence-corrected chi connectivity index (χ1v) is 11.9. The fourth-order valence-corrected chi connectivity index (χ4v) is 2.98. The molecule has 0 radical (unpaired) electrons. The van der Waals surface area contributed by atoms with Gasteiger partial charge < -0.3 is 4.48 Å². The molecule has 0 atom stereocenters. The SMILES string of the molecule is C=CC[N+](CC)(CC=C)CCCCCCCCCCC.F[P-](F)(F)(F)(F)F. The van der Waals surface area contributed by atoms with Crippen molar-refractivity contribution in [3.05, 3.63) is 25.3 Å². The molecule has 0 N–H and O–H groups in total. The molecule has 0 unspecified atom stereocenters. The van der Waals surface area contributed by atoms with Crippen molar-refractivity contribution < 1.29 is 29.7 Å². The van der Waals surface area contributed by atoms with Gasteiger partial charge in [-0.3, -0.25) is 0 Å². The van der Waals surface area contributed by atoms with Crippen molar-refractivity contribution in [2.45, 2.75) is 71.6 Å². The van der Waals surface area contributed by atoms with Crippen LogP contribution in [0, 0.1) is 0 Å². The number of quaternary nitrogens is 1. The van der Waals surface area contributed by atoms with E-state index >= 15 is 0 Å². The van der Waals surface area contributed by atoms with Crippen LogP contribution in [0.3, 0.4) is 0 Å². The molecule has 0 rings (SSSR count). The third kappa shape index (κ3) is 27.8. The van der Waals surface area contributed by atoms with E-state index in [1.54, 1.807) is 0 Å². The zero-order chi connectivity index (χ0) is 21.5. The Balaban J connectivity index is 0. The Bertz CT molecular complexity index is 383. The summed E-state index contributed by atoms with van der Waals surface area (Å²) in [4.78, 5) is 0. The fourth-order valence-electron chi connectivity index (χ4n) is 2.98. The molecule has 0 spiro atoms. The van der Waals surface area contributed by atoms with Gasteiger partial charge in [0.15, 0.2) is 0 Å². The van der Waals surface area contributed by atoms with Gasteiger partial charge >= 0.3 is 33.0 Å². The van der Waals surface area contributed by atoms with Gasteiger partial charge in [-0.25, -0.2) is 0 Å². The zero-order valence-electron chi connectivity index (χ0n) is 16.9. The van der Waals surface area contributed by atoms with E-state index in [2.05, 4.69) is 39.2 Å². The molecule has 0 aromatic rings. The van der Waals surface area contributed by atoms with Crippen LogP contribution < -0.4 is 0 Å². The van der Waals surface area contributed by atoms with Crippen LogP contribution in [0.1, 0.15) is 71.6 Å². The molecule has 0 aromatic heterocycles. The number of hydrogen-bond donors (Lipinski definition) is 0. The maximum absolute atomic E-state index is 10.7.